The zero-order chi connectivity index (χ0) is 13.0. The van der Waals surface area contributed by atoms with Crippen LogP contribution in [0.2, 0.25) is 0 Å². The maximum atomic E-state index is 3.61. The zero-order valence-corrected chi connectivity index (χ0v) is 12.7. The van der Waals surface area contributed by atoms with Crippen LogP contribution in [0, 0.1) is 11.8 Å². The molecule has 0 aromatic rings. The number of hydrogen-bond donors (Lipinski definition) is 1. The molecule has 2 rings (SSSR count). The number of nitrogens with zero attached hydrogens (tertiary/aromatic N) is 1. The van der Waals surface area contributed by atoms with Crippen molar-refractivity contribution in [2.24, 2.45) is 11.8 Å². The van der Waals surface area contributed by atoms with E-state index in [9.17, 15) is 0 Å². The Morgan fingerprint density at radius 1 is 1.11 bits per heavy atom. The van der Waals surface area contributed by atoms with E-state index < -0.39 is 0 Å². The predicted octanol–water partition coefficient (Wildman–Crippen LogP) is 3.28. The molecule has 2 fully saturated rings. The van der Waals surface area contributed by atoms with E-state index >= 15 is 0 Å². The summed E-state index contributed by atoms with van der Waals surface area (Å²) in [4.78, 5) is 2.70. The van der Waals surface area contributed by atoms with E-state index in [4.69, 9.17) is 0 Å². The first kappa shape index (κ1) is 14.3. The van der Waals surface area contributed by atoms with Gasteiger partial charge in [0.1, 0.15) is 0 Å². The highest BCUT2D eigenvalue weighted by molar-refractivity contribution is 4.88. The lowest BCUT2D eigenvalue weighted by atomic mass is 9.79. The Hall–Kier alpha value is -0.0800. The lowest BCUT2D eigenvalue weighted by molar-refractivity contribution is 0.116. The molecule has 2 heteroatoms. The van der Waals surface area contributed by atoms with Crippen molar-refractivity contribution in [1.82, 2.24) is 10.2 Å². The minimum Gasteiger partial charge on any atom is -0.309 e. The van der Waals surface area contributed by atoms with Gasteiger partial charge in [-0.3, -0.25) is 4.90 Å². The van der Waals surface area contributed by atoms with Gasteiger partial charge >= 0.3 is 0 Å². The molecule has 106 valence electrons. The van der Waals surface area contributed by atoms with Gasteiger partial charge in [0.2, 0.25) is 0 Å². The van der Waals surface area contributed by atoms with E-state index in [1.54, 1.807) is 0 Å². The second-order valence-electron chi connectivity index (χ2n) is 7.22. The highest BCUT2D eigenvalue weighted by Gasteiger charge is 2.28. The van der Waals surface area contributed by atoms with E-state index in [2.05, 4.69) is 31.0 Å². The van der Waals surface area contributed by atoms with Gasteiger partial charge in [0.05, 0.1) is 0 Å². The number of nitrogens with one attached hydrogen (secondary N) is 1. The van der Waals surface area contributed by atoms with Crippen molar-refractivity contribution in [3.8, 4) is 0 Å². The largest absolute Gasteiger partial charge is 0.309 e. The van der Waals surface area contributed by atoms with E-state index in [-0.39, 0.29) is 0 Å². The third kappa shape index (κ3) is 4.24. The van der Waals surface area contributed by atoms with Crippen LogP contribution in [0.4, 0.5) is 0 Å². The summed E-state index contributed by atoms with van der Waals surface area (Å²) in [7, 11) is 0. The maximum Gasteiger partial charge on any atom is 0.0252 e. The molecular weight excluding hydrogens is 220 g/mol. The van der Waals surface area contributed by atoms with Crippen LogP contribution >= 0.6 is 0 Å². The highest BCUT2D eigenvalue weighted by atomic mass is 15.2. The summed E-state index contributed by atoms with van der Waals surface area (Å²) < 4.78 is 0. The fourth-order valence-corrected chi connectivity index (χ4v) is 3.88. The van der Waals surface area contributed by atoms with Gasteiger partial charge in [0.15, 0.2) is 0 Å². The number of rotatable bonds is 4. The van der Waals surface area contributed by atoms with E-state index in [0.29, 0.717) is 5.54 Å². The van der Waals surface area contributed by atoms with Gasteiger partial charge in [-0.15, -0.1) is 0 Å². The molecule has 0 aromatic carbocycles. The summed E-state index contributed by atoms with van der Waals surface area (Å²) in [5.41, 5.74) is 0.317. The molecule has 18 heavy (non-hydrogen) atoms. The number of hydrogen-bond acceptors (Lipinski definition) is 2. The first-order valence-electron chi connectivity index (χ1n) is 8.06. The van der Waals surface area contributed by atoms with Crippen LogP contribution in [-0.4, -0.2) is 36.6 Å². The summed E-state index contributed by atoms with van der Waals surface area (Å²) in [6.07, 6.45) is 8.79. The summed E-state index contributed by atoms with van der Waals surface area (Å²) in [5.74, 6) is 2.03. The van der Waals surface area contributed by atoms with Gasteiger partial charge in [-0.05, 0) is 38.5 Å². The average molecular weight is 252 g/mol. The molecule has 0 radical (unpaired) electrons. The second kappa shape index (κ2) is 6.38. The average Bonchev–Trinajstić information content (AvgIpc) is 2.31. The minimum absolute atomic E-state index is 0.317. The monoisotopic (exact) mass is 252 g/mol. The Kier molecular flexibility index (Phi) is 5.08. The maximum absolute atomic E-state index is 3.61. The minimum atomic E-state index is 0.317. The van der Waals surface area contributed by atoms with Crippen molar-refractivity contribution < 1.29 is 0 Å². The SMILES string of the molecule is CCCC1CCC(CN2CCNC(C)(C)C2)CC1. The van der Waals surface area contributed by atoms with Gasteiger partial charge in [-0.1, -0.05) is 32.6 Å². The van der Waals surface area contributed by atoms with Crippen LogP contribution in [0.1, 0.15) is 59.3 Å². The van der Waals surface area contributed by atoms with E-state index in [1.807, 2.05) is 0 Å². The Morgan fingerprint density at radius 3 is 2.39 bits per heavy atom. The standard InChI is InChI=1S/C16H32N2/c1-4-5-14-6-8-15(9-7-14)12-18-11-10-17-16(2,3)13-18/h14-15,17H,4-13H2,1-3H3. The normalized spacial score (nSPS) is 33.5. The van der Waals surface area contributed by atoms with Gasteiger partial charge in [0, 0.05) is 31.7 Å². The van der Waals surface area contributed by atoms with Gasteiger partial charge in [-0.25, -0.2) is 0 Å². The quantitative estimate of drug-likeness (QED) is 0.826. The summed E-state index contributed by atoms with van der Waals surface area (Å²) in [6.45, 7) is 12.0. The molecular formula is C16H32N2. The Labute approximate surface area is 114 Å². The van der Waals surface area contributed by atoms with Crippen molar-refractivity contribution in [1.29, 1.82) is 0 Å². The molecule has 1 N–H and O–H groups in total. The molecule has 0 atom stereocenters. The Morgan fingerprint density at radius 2 is 1.78 bits per heavy atom. The van der Waals surface area contributed by atoms with Crippen LogP contribution in [0.5, 0.6) is 0 Å². The molecule has 1 saturated heterocycles. The molecule has 0 aromatic heterocycles. The second-order valence-corrected chi connectivity index (χ2v) is 7.22. The summed E-state index contributed by atoms with van der Waals surface area (Å²) in [5, 5.41) is 3.61. The summed E-state index contributed by atoms with van der Waals surface area (Å²) >= 11 is 0. The fourth-order valence-electron chi connectivity index (χ4n) is 3.88. The van der Waals surface area contributed by atoms with Gasteiger partial charge in [-0.2, -0.15) is 0 Å². The smallest absolute Gasteiger partial charge is 0.0252 e. The van der Waals surface area contributed by atoms with Crippen molar-refractivity contribution in [2.75, 3.05) is 26.2 Å². The summed E-state index contributed by atoms with van der Waals surface area (Å²) in [6, 6.07) is 0. The first-order valence-corrected chi connectivity index (χ1v) is 8.06. The topological polar surface area (TPSA) is 15.3 Å². The van der Waals surface area contributed by atoms with Crippen molar-refractivity contribution in [3.63, 3.8) is 0 Å². The molecule has 1 aliphatic heterocycles. The molecule has 1 heterocycles. The molecule has 1 saturated carbocycles. The van der Waals surface area contributed by atoms with Gasteiger partial charge < -0.3 is 5.32 Å². The zero-order valence-electron chi connectivity index (χ0n) is 12.7. The van der Waals surface area contributed by atoms with Crippen LogP contribution in [0.15, 0.2) is 0 Å². The lowest BCUT2D eigenvalue weighted by Crippen LogP contribution is -2.57. The van der Waals surface area contributed by atoms with Crippen molar-refractivity contribution in [2.45, 2.75) is 64.8 Å². The Bertz CT molecular complexity index is 241. The van der Waals surface area contributed by atoms with Crippen molar-refractivity contribution >= 4 is 0 Å². The molecule has 2 nitrogen and oxygen atoms in total. The molecule has 2 aliphatic rings. The number of piperazine rings is 1. The van der Waals surface area contributed by atoms with Crippen LogP contribution in [0.25, 0.3) is 0 Å². The molecule has 0 bridgehead atoms. The molecule has 1 aliphatic carbocycles. The third-order valence-corrected chi connectivity index (χ3v) is 4.83. The highest BCUT2D eigenvalue weighted by Crippen LogP contribution is 2.32. The Balaban J connectivity index is 1.71. The molecule has 0 unspecified atom stereocenters. The third-order valence-electron chi connectivity index (χ3n) is 4.83. The van der Waals surface area contributed by atoms with E-state index in [1.165, 1.54) is 58.2 Å². The van der Waals surface area contributed by atoms with Crippen LogP contribution in [0.3, 0.4) is 0 Å². The molecule has 0 amide bonds. The lowest BCUT2D eigenvalue weighted by Gasteiger charge is -2.41. The van der Waals surface area contributed by atoms with Crippen LogP contribution in [-0.2, 0) is 0 Å². The van der Waals surface area contributed by atoms with Crippen LogP contribution < -0.4 is 5.32 Å². The fraction of sp³-hybridized carbons (Fsp3) is 1.00. The van der Waals surface area contributed by atoms with Gasteiger partial charge in [0.25, 0.3) is 0 Å². The molecule has 0 spiro atoms. The van der Waals surface area contributed by atoms with E-state index in [0.717, 1.165) is 18.4 Å². The first-order chi connectivity index (χ1) is 8.59. The predicted molar refractivity (Wildman–Crippen MR) is 78.9 cm³/mol. The van der Waals surface area contributed by atoms with Crippen molar-refractivity contribution in [3.05, 3.63) is 0 Å².